The molecule has 18 heteroatoms. The van der Waals surface area contributed by atoms with E-state index in [-0.39, 0.29) is 30.4 Å². The molecule has 8 rings (SSSR count). The highest BCUT2D eigenvalue weighted by atomic mass is 32.2. The van der Waals surface area contributed by atoms with E-state index in [1.165, 1.54) is 12.0 Å². The van der Waals surface area contributed by atoms with Gasteiger partial charge in [0.2, 0.25) is 34.1 Å². The van der Waals surface area contributed by atoms with E-state index in [1.54, 1.807) is 19.1 Å². The fourth-order valence-electron chi connectivity index (χ4n) is 9.56. The highest BCUT2D eigenvalue weighted by Gasteiger charge is 2.67. The Balaban J connectivity index is 1.10. The van der Waals surface area contributed by atoms with Gasteiger partial charge >= 0.3 is 6.09 Å². The maximum absolute atomic E-state index is 14.3. The van der Waals surface area contributed by atoms with Crippen molar-refractivity contribution in [1.82, 2.24) is 30.2 Å². The molecule has 1 saturated heterocycles. The van der Waals surface area contributed by atoms with Crippen LogP contribution in [0.15, 0.2) is 18.2 Å². The molecule has 5 fully saturated rings. The Bertz CT molecular complexity index is 2020. The molecule has 4 saturated carbocycles. The predicted octanol–water partition coefficient (Wildman–Crippen LogP) is 3.24. The van der Waals surface area contributed by atoms with Crippen LogP contribution in [0, 0.1) is 29.6 Å². The van der Waals surface area contributed by atoms with Gasteiger partial charge in [0.25, 0.3) is 5.91 Å². The second-order valence-electron chi connectivity index (χ2n) is 16.4. The first kappa shape index (κ1) is 38.5. The van der Waals surface area contributed by atoms with E-state index in [9.17, 15) is 36.4 Å². The zero-order chi connectivity index (χ0) is 39.5. The van der Waals surface area contributed by atoms with E-state index in [2.05, 4.69) is 10.6 Å². The first-order valence-corrected chi connectivity index (χ1v) is 21.2. The molecule has 3 heterocycles. The number of ether oxygens (including phenoxy) is 3. The Hall–Kier alpha value is -4.35. The van der Waals surface area contributed by atoms with Crippen LogP contribution in [-0.4, -0.2) is 103 Å². The lowest BCUT2D eigenvalue weighted by Gasteiger charge is -2.31. The predicted molar refractivity (Wildman–Crippen MR) is 195 cm³/mol. The maximum Gasteiger partial charge on any atom is 0.407 e. The van der Waals surface area contributed by atoms with Crippen LogP contribution in [0.2, 0.25) is 0 Å². The lowest BCUT2D eigenvalue weighted by molar-refractivity contribution is -0.140. The second kappa shape index (κ2) is 14.9. The van der Waals surface area contributed by atoms with Crippen LogP contribution in [-0.2, 0) is 35.6 Å². The molecular formula is C38H48F2N6O9S. The number of carbonyl (C=O) groups is 4. The topological polar surface area (TPSA) is 195 Å². The molecule has 15 nitrogen and oxygen atoms in total. The molecule has 0 radical (unpaired) electrons. The summed E-state index contributed by atoms with van der Waals surface area (Å²) in [5.41, 5.74) is -0.474. The van der Waals surface area contributed by atoms with Gasteiger partial charge in [0.05, 0.1) is 35.9 Å². The van der Waals surface area contributed by atoms with Gasteiger partial charge in [0.15, 0.2) is 0 Å². The van der Waals surface area contributed by atoms with Crippen LogP contribution in [0.25, 0.3) is 11.0 Å². The number of sulfonamides is 1. The maximum atomic E-state index is 14.3. The third-order valence-electron chi connectivity index (χ3n) is 12.9. The number of carbonyl (C=O) groups excluding carboxylic acids is 4. The minimum Gasteiger partial charge on any atom is -0.497 e. The number of hydrogen-bond donors (Lipinski definition) is 3. The summed E-state index contributed by atoms with van der Waals surface area (Å²) < 4.78 is 73.4. The minimum atomic E-state index is -4.12. The minimum absolute atomic E-state index is 0.159. The lowest BCUT2D eigenvalue weighted by Crippen LogP contribution is -2.58. The van der Waals surface area contributed by atoms with Crippen molar-refractivity contribution < 1.29 is 50.6 Å². The number of methoxy groups -OCH3 is 1. The molecule has 1 aromatic carbocycles. The van der Waals surface area contributed by atoms with Crippen molar-refractivity contribution in [3.05, 3.63) is 23.9 Å². The lowest BCUT2D eigenvalue weighted by atomic mass is 9.82. The van der Waals surface area contributed by atoms with E-state index < -0.39 is 88.0 Å². The molecule has 0 spiro atoms. The molecule has 2 aromatic rings. The van der Waals surface area contributed by atoms with Crippen molar-refractivity contribution in [3.8, 4) is 11.6 Å². The Morgan fingerprint density at radius 3 is 2.55 bits per heavy atom. The van der Waals surface area contributed by atoms with Gasteiger partial charge in [-0.2, -0.15) is 0 Å². The Kier molecular flexibility index (Phi) is 10.2. The summed E-state index contributed by atoms with van der Waals surface area (Å²) in [6.07, 6.45) is 2.42. The van der Waals surface area contributed by atoms with Crippen LogP contribution in [0.3, 0.4) is 0 Å². The van der Waals surface area contributed by atoms with Gasteiger partial charge in [-0.1, -0.05) is 19.8 Å². The van der Waals surface area contributed by atoms with Crippen LogP contribution >= 0.6 is 0 Å². The van der Waals surface area contributed by atoms with Crippen molar-refractivity contribution in [1.29, 1.82) is 0 Å². The van der Waals surface area contributed by atoms with Gasteiger partial charge in [-0.3, -0.25) is 19.1 Å². The average Bonchev–Trinajstić information content (AvgIpc) is 4.04. The summed E-state index contributed by atoms with van der Waals surface area (Å²) in [6.45, 7) is 0.966. The molecule has 4 aliphatic carbocycles. The normalized spacial score (nSPS) is 33.3. The summed E-state index contributed by atoms with van der Waals surface area (Å²) in [5, 5.41) is 4.20. The summed E-state index contributed by atoms with van der Waals surface area (Å²) in [5.74, 6) is -3.55. The second-order valence-corrected chi connectivity index (χ2v) is 18.4. The average molecular weight is 803 g/mol. The number of benzene rings is 1. The van der Waals surface area contributed by atoms with Crippen molar-refractivity contribution in [3.63, 3.8) is 0 Å². The van der Waals surface area contributed by atoms with Crippen molar-refractivity contribution in [2.45, 2.75) is 113 Å². The largest absolute Gasteiger partial charge is 0.497 e. The molecule has 1 aromatic heterocycles. The van der Waals surface area contributed by atoms with E-state index in [1.807, 2.05) is 10.8 Å². The number of aryl methyl sites for hydroxylation is 1. The molecule has 4 bridgehead atoms. The molecule has 2 aliphatic heterocycles. The molecule has 9 atom stereocenters. The number of fused-ring (bicyclic) bond motifs is 9. The molecule has 4 amide bonds. The highest BCUT2D eigenvalue weighted by Crippen LogP contribution is 2.52. The quantitative estimate of drug-likeness (QED) is 0.372. The number of halogens is 2. The third kappa shape index (κ3) is 7.33. The van der Waals surface area contributed by atoms with Gasteiger partial charge in [0.1, 0.15) is 41.8 Å². The molecule has 3 N–H and O–H groups in total. The first-order chi connectivity index (χ1) is 26.8. The number of hydrogen-bond acceptors (Lipinski definition) is 11. The zero-order valence-electron chi connectivity index (χ0n) is 31.4. The fraction of sp³-hybridized carbons (Fsp3) is 0.684. The smallest absolute Gasteiger partial charge is 0.407 e. The monoisotopic (exact) mass is 802 g/mol. The van der Waals surface area contributed by atoms with Gasteiger partial charge in [-0.15, -0.1) is 0 Å². The number of alkyl carbamates (subject to hydrolysis) is 1. The third-order valence-corrected chi connectivity index (χ3v) is 14.7. The number of alkyl halides is 2. The van der Waals surface area contributed by atoms with Gasteiger partial charge < -0.3 is 29.7 Å². The van der Waals surface area contributed by atoms with Crippen molar-refractivity contribution in [2.24, 2.45) is 29.6 Å². The summed E-state index contributed by atoms with van der Waals surface area (Å²) >= 11 is 0. The van der Waals surface area contributed by atoms with Gasteiger partial charge in [0, 0.05) is 12.0 Å². The Labute approximate surface area is 323 Å². The van der Waals surface area contributed by atoms with Gasteiger partial charge in [-0.25, -0.2) is 32.0 Å². The van der Waals surface area contributed by atoms with Gasteiger partial charge in [-0.05, 0) is 87.7 Å². The summed E-state index contributed by atoms with van der Waals surface area (Å²) in [7, 11) is -2.59. The molecule has 0 unspecified atom stereocenters. The van der Waals surface area contributed by atoms with E-state index >= 15 is 0 Å². The number of rotatable bonds is 7. The van der Waals surface area contributed by atoms with Crippen LogP contribution in [0.5, 0.6) is 11.6 Å². The highest BCUT2D eigenvalue weighted by molar-refractivity contribution is 7.91. The number of amides is 4. The van der Waals surface area contributed by atoms with Crippen LogP contribution in [0.1, 0.15) is 76.8 Å². The zero-order valence-corrected chi connectivity index (χ0v) is 32.2. The first-order valence-electron chi connectivity index (χ1n) is 19.7. The Morgan fingerprint density at radius 2 is 1.82 bits per heavy atom. The van der Waals surface area contributed by atoms with E-state index in [0.29, 0.717) is 47.7 Å². The van der Waals surface area contributed by atoms with Crippen molar-refractivity contribution >= 4 is 44.9 Å². The summed E-state index contributed by atoms with van der Waals surface area (Å²) in [6, 6.07) is 3.96. The standard InChI is InChI=1S/C38H48F2N6O9S/c1-19-29-18-46(31(19)34(48)44-38(16-25(38)33(39)40)36(49)45-56(51,52)23-11-12-23)30(47)17-41-37(50)55-32-21-9-8-20(14-21)24(32)6-4-3-5-7-27-35(54-29)43-28-15-22(53-2)10-13-26(28)42-27/h10,13,15,19-21,23-25,29,31-33H,3-9,11-12,14,16-18H2,1-2H3,(H,41,50)(H,44,48)(H,45,49)/t19-,20-,21+,24-,25+,29+,31+,32-,38-/m1/s1. The van der Waals surface area contributed by atoms with E-state index in [4.69, 9.17) is 24.2 Å². The summed E-state index contributed by atoms with van der Waals surface area (Å²) in [4.78, 5) is 65.7. The number of nitrogens with zero attached hydrogens (tertiary/aromatic N) is 3. The SMILES string of the molecule is COc1ccc2nc3c(nc2c1)O[C@H]1CN(C(=O)CNC(=O)O[C@@H]2[C@H]4CC[C@H](C4)[C@H]2CCCCC3)[C@H](C(=O)N[C@]2(C(=O)NS(=O)(=O)C3CC3)C[C@H]2C(F)F)[C@@H]1C. The molecule has 304 valence electrons. The Morgan fingerprint density at radius 1 is 1.04 bits per heavy atom. The van der Waals surface area contributed by atoms with Crippen molar-refractivity contribution in [2.75, 3.05) is 20.2 Å². The van der Waals surface area contributed by atoms with Crippen LogP contribution < -0.4 is 24.8 Å². The number of aromatic nitrogens is 2. The van der Waals surface area contributed by atoms with E-state index in [0.717, 1.165) is 44.9 Å². The molecular weight excluding hydrogens is 755 g/mol. The molecule has 6 aliphatic rings. The fourth-order valence-corrected chi connectivity index (χ4v) is 10.9. The molecule has 56 heavy (non-hydrogen) atoms. The number of nitrogens with one attached hydrogen (secondary N) is 3. The van der Waals surface area contributed by atoms with Crippen LogP contribution in [0.4, 0.5) is 13.6 Å².